The van der Waals surface area contributed by atoms with E-state index in [0.717, 1.165) is 5.56 Å². The van der Waals surface area contributed by atoms with Gasteiger partial charge in [0.1, 0.15) is 12.4 Å². The molecule has 34 heavy (non-hydrogen) atoms. The normalized spacial score (nSPS) is 14.0. The minimum absolute atomic E-state index is 0.00181. The van der Waals surface area contributed by atoms with Gasteiger partial charge in [-0.05, 0) is 82.3 Å². The van der Waals surface area contributed by atoms with E-state index in [2.05, 4.69) is 27.6 Å². The summed E-state index contributed by atoms with van der Waals surface area (Å²) in [6.45, 7) is 0.179. The Hall–Kier alpha value is -3.80. The van der Waals surface area contributed by atoms with E-state index in [0.29, 0.717) is 26.2 Å². The Balaban J connectivity index is 1.56. The molecule has 1 aliphatic heterocycles. The summed E-state index contributed by atoms with van der Waals surface area (Å²) < 4.78 is 30.7. The molecule has 0 spiro atoms. The second kappa shape index (κ2) is 10.00. The number of nitro benzene ring substituents is 1. The zero-order valence-electron chi connectivity index (χ0n) is 17.7. The second-order valence-corrected chi connectivity index (χ2v) is 8.25. The van der Waals surface area contributed by atoms with Crippen molar-refractivity contribution in [2.24, 2.45) is 4.99 Å². The van der Waals surface area contributed by atoms with Crippen LogP contribution >= 0.6 is 22.6 Å². The number of rotatable bonds is 7. The van der Waals surface area contributed by atoms with Crippen LogP contribution in [-0.4, -0.2) is 23.9 Å². The first-order valence-corrected chi connectivity index (χ1v) is 10.9. The minimum atomic E-state index is -0.647. The number of methoxy groups -OCH3 is 1. The molecule has 1 aliphatic rings. The van der Waals surface area contributed by atoms with Crippen molar-refractivity contribution < 1.29 is 28.3 Å². The van der Waals surface area contributed by atoms with Crippen LogP contribution in [0.15, 0.2) is 71.4 Å². The molecule has 0 saturated heterocycles. The fraction of sp³-hybridized carbons (Fsp3) is 0.0833. The maximum absolute atomic E-state index is 13.5. The van der Waals surface area contributed by atoms with Gasteiger partial charge in [-0.2, -0.15) is 0 Å². The summed E-state index contributed by atoms with van der Waals surface area (Å²) in [6.07, 6.45) is 1.54. The lowest BCUT2D eigenvalue weighted by Crippen LogP contribution is -2.05. The zero-order valence-corrected chi connectivity index (χ0v) is 19.8. The van der Waals surface area contributed by atoms with Crippen LogP contribution in [0.1, 0.15) is 16.7 Å². The van der Waals surface area contributed by atoms with Crippen LogP contribution in [0, 0.1) is 19.5 Å². The number of carbonyl (C=O) groups is 1. The first-order valence-electron chi connectivity index (χ1n) is 9.86. The molecule has 4 rings (SSSR count). The minimum Gasteiger partial charge on any atom is -0.493 e. The molecular formula is C24H16FIN2O6. The van der Waals surface area contributed by atoms with Crippen molar-refractivity contribution in [2.45, 2.75) is 6.61 Å². The molecule has 0 fully saturated rings. The summed E-state index contributed by atoms with van der Waals surface area (Å²) in [5.41, 5.74) is 1.81. The molecule has 10 heteroatoms. The third kappa shape index (κ3) is 5.22. The van der Waals surface area contributed by atoms with Crippen molar-refractivity contribution in [3.05, 3.63) is 103 Å². The second-order valence-electron chi connectivity index (χ2n) is 7.09. The lowest BCUT2D eigenvalue weighted by atomic mass is 10.1. The summed E-state index contributed by atoms with van der Waals surface area (Å²) in [4.78, 5) is 26.8. The highest BCUT2D eigenvalue weighted by molar-refractivity contribution is 14.1. The highest BCUT2D eigenvalue weighted by atomic mass is 127. The lowest BCUT2D eigenvalue weighted by Gasteiger charge is -2.13. The highest BCUT2D eigenvalue weighted by Crippen LogP contribution is 2.35. The van der Waals surface area contributed by atoms with Crippen LogP contribution in [0.3, 0.4) is 0 Å². The van der Waals surface area contributed by atoms with Gasteiger partial charge < -0.3 is 14.2 Å². The predicted molar refractivity (Wildman–Crippen MR) is 130 cm³/mol. The van der Waals surface area contributed by atoms with Gasteiger partial charge in [0.2, 0.25) is 5.90 Å². The first kappa shape index (κ1) is 23.4. The Morgan fingerprint density at radius 1 is 1.18 bits per heavy atom. The number of halogens is 2. The van der Waals surface area contributed by atoms with E-state index in [9.17, 15) is 19.3 Å². The molecule has 3 aromatic carbocycles. The van der Waals surface area contributed by atoms with E-state index in [1.54, 1.807) is 36.4 Å². The van der Waals surface area contributed by atoms with E-state index in [4.69, 9.17) is 14.2 Å². The van der Waals surface area contributed by atoms with Crippen molar-refractivity contribution in [1.29, 1.82) is 0 Å². The van der Waals surface area contributed by atoms with Crippen LogP contribution in [-0.2, 0) is 16.1 Å². The number of aliphatic imine (C=N–C) groups is 1. The maximum atomic E-state index is 13.5. The summed E-state index contributed by atoms with van der Waals surface area (Å²) in [5, 5.41) is 10.8. The van der Waals surface area contributed by atoms with Gasteiger partial charge >= 0.3 is 5.97 Å². The van der Waals surface area contributed by atoms with Gasteiger partial charge in [0, 0.05) is 17.7 Å². The van der Waals surface area contributed by atoms with Crippen LogP contribution < -0.4 is 9.47 Å². The molecule has 0 aliphatic carbocycles. The van der Waals surface area contributed by atoms with Crippen molar-refractivity contribution >= 4 is 46.2 Å². The number of esters is 1. The molecule has 0 unspecified atom stereocenters. The standard InChI is InChI=1S/C24H16FIN2O6/c1-32-21-11-15(10-20-24(29)34-23(27-20)16-3-2-4-17(25)12-16)9-19(26)22(21)33-13-14-5-7-18(8-6-14)28(30)31/h2-12H,13H2,1H3/b20-10-. The number of non-ortho nitro benzene ring substituents is 1. The third-order valence-electron chi connectivity index (χ3n) is 4.78. The Bertz CT molecular complexity index is 1340. The average molecular weight is 574 g/mol. The lowest BCUT2D eigenvalue weighted by molar-refractivity contribution is -0.384. The molecule has 0 amide bonds. The van der Waals surface area contributed by atoms with Gasteiger partial charge in [0.15, 0.2) is 17.2 Å². The van der Waals surface area contributed by atoms with E-state index < -0.39 is 16.7 Å². The number of nitrogens with zero attached hydrogens (tertiary/aromatic N) is 2. The SMILES string of the molecule is COc1cc(/C=C2\N=C(c3cccc(F)c3)OC2=O)cc(I)c1OCc1ccc([N+](=O)[O-])cc1. The smallest absolute Gasteiger partial charge is 0.363 e. The van der Waals surface area contributed by atoms with Gasteiger partial charge in [-0.25, -0.2) is 14.2 Å². The Morgan fingerprint density at radius 2 is 1.94 bits per heavy atom. The van der Waals surface area contributed by atoms with Crippen LogP contribution in [0.2, 0.25) is 0 Å². The Morgan fingerprint density at radius 3 is 2.62 bits per heavy atom. The van der Waals surface area contributed by atoms with E-state index in [1.807, 2.05) is 0 Å². The molecule has 1 heterocycles. The summed E-state index contributed by atoms with van der Waals surface area (Å²) >= 11 is 2.08. The first-order chi connectivity index (χ1) is 16.3. The van der Waals surface area contributed by atoms with E-state index >= 15 is 0 Å². The number of carbonyl (C=O) groups excluding carboxylic acids is 1. The summed E-state index contributed by atoms with van der Waals surface area (Å²) in [6, 6.07) is 15.2. The third-order valence-corrected chi connectivity index (χ3v) is 5.58. The largest absolute Gasteiger partial charge is 0.493 e. The number of cyclic esters (lactones) is 1. The topological polar surface area (TPSA) is 100 Å². The number of hydrogen-bond acceptors (Lipinski definition) is 7. The quantitative estimate of drug-likeness (QED) is 0.125. The van der Waals surface area contributed by atoms with Crippen molar-refractivity contribution in [3.63, 3.8) is 0 Å². The maximum Gasteiger partial charge on any atom is 0.363 e. The molecule has 8 nitrogen and oxygen atoms in total. The van der Waals surface area contributed by atoms with E-state index in [-0.39, 0.29) is 23.9 Å². The Labute approximate surface area is 207 Å². The Kier molecular flexibility index (Phi) is 6.87. The highest BCUT2D eigenvalue weighted by Gasteiger charge is 2.25. The van der Waals surface area contributed by atoms with Gasteiger partial charge in [0.05, 0.1) is 15.6 Å². The molecule has 0 saturated carbocycles. The fourth-order valence-electron chi connectivity index (χ4n) is 3.14. The number of ether oxygens (including phenoxy) is 3. The molecule has 172 valence electrons. The monoisotopic (exact) mass is 574 g/mol. The molecule has 0 radical (unpaired) electrons. The van der Waals surface area contributed by atoms with Gasteiger partial charge in [-0.1, -0.05) is 6.07 Å². The predicted octanol–water partition coefficient (Wildman–Crippen LogP) is 5.27. The van der Waals surface area contributed by atoms with E-state index in [1.165, 1.54) is 37.4 Å². The zero-order chi connectivity index (χ0) is 24.2. The molecule has 3 aromatic rings. The molecule has 0 atom stereocenters. The summed E-state index contributed by atoms with van der Waals surface area (Å²) in [7, 11) is 1.49. The van der Waals surface area contributed by atoms with Crippen molar-refractivity contribution in [3.8, 4) is 11.5 Å². The van der Waals surface area contributed by atoms with Gasteiger partial charge in [0.25, 0.3) is 5.69 Å². The molecule has 0 aromatic heterocycles. The molecule has 0 N–H and O–H groups in total. The molecular weight excluding hydrogens is 558 g/mol. The van der Waals surface area contributed by atoms with Crippen molar-refractivity contribution in [1.82, 2.24) is 0 Å². The number of benzene rings is 3. The van der Waals surface area contributed by atoms with Gasteiger partial charge in [-0.15, -0.1) is 0 Å². The number of hydrogen-bond donors (Lipinski definition) is 0. The van der Waals surface area contributed by atoms with Crippen LogP contribution in [0.4, 0.5) is 10.1 Å². The van der Waals surface area contributed by atoms with Crippen molar-refractivity contribution in [2.75, 3.05) is 7.11 Å². The van der Waals surface area contributed by atoms with Crippen LogP contribution in [0.25, 0.3) is 6.08 Å². The summed E-state index contributed by atoms with van der Waals surface area (Å²) in [5.74, 6) is -0.160. The number of nitro groups is 1. The average Bonchev–Trinajstić information content (AvgIpc) is 3.18. The molecule has 0 bridgehead atoms. The van der Waals surface area contributed by atoms with Gasteiger partial charge in [-0.3, -0.25) is 10.1 Å². The van der Waals surface area contributed by atoms with Crippen LogP contribution in [0.5, 0.6) is 11.5 Å². The fourth-order valence-corrected chi connectivity index (χ4v) is 3.93.